The van der Waals surface area contributed by atoms with Crippen molar-refractivity contribution in [2.24, 2.45) is 5.92 Å². The number of para-hydroxylation sites is 1. The van der Waals surface area contributed by atoms with Crippen LogP contribution in [-0.2, 0) is 21.2 Å². The van der Waals surface area contributed by atoms with Gasteiger partial charge in [-0.15, -0.1) is 0 Å². The molecule has 3 fully saturated rings. The van der Waals surface area contributed by atoms with Crippen LogP contribution in [0.15, 0.2) is 24.3 Å². The molecule has 0 aromatic heterocycles. The summed E-state index contributed by atoms with van der Waals surface area (Å²) in [5.74, 6) is 0.980. The van der Waals surface area contributed by atoms with Crippen molar-refractivity contribution in [3.8, 4) is 5.75 Å². The van der Waals surface area contributed by atoms with Crippen molar-refractivity contribution in [3.63, 3.8) is 0 Å². The Hall–Kier alpha value is -1.60. The van der Waals surface area contributed by atoms with E-state index < -0.39 is 10.0 Å². The van der Waals surface area contributed by atoms with E-state index in [9.17, 15) is 13.2 Å². The minimum absolute atomic E-state index is 0.0271. The number of methoxy groups -OCH3 is 1. The largest absolute Gasteiger partial charge is 0.496 e. The van der Waals surface area contributed by atoms with Crippen LogP contribution in [0.3, 0.4) is 0 Å². The second-order valence-corrected chi connectivity index (χ2v) is 8.69. The predicted octanol–water partition coefficient (Wildman–Crippen LogP) is 1.12. The van der Waals surface area contributed by atoms with Crippen LogP contribution in [0, 0.1) is 5.92 Å². The number of sulfonamides is 1. The zero-order valence-corrected chi connectivity index (χ0v) is 15.0. The van der Waals surface area contributed by atoms with Gasteiger partial charge in [-0.05, 0) is 24.8 Å². The van der Waals surface area contributed by atoms with E-state index in [1.807, 2.05) is 29.2 Å². The highest BCUT2D eigenvalue weighted by atomic mass is 32.2. The smallest absolute Gasteiger partial charge is 0.227 e. The second-order valence-electron chi connectivity index (χ2n) is 6.71. The van der Waals surface area contributed by atoms with Crippen LogP contribution in [0.25, 0.3) is 0 Å². The monoisotopic (exact) mass is 352 g/mol. The molecule has 0 radical (unpaired) electrons. The molecule has 1 amide bonds. The molecule has 3 heterocycles. The van der Waals surface area contributed by atoms with Crippen molar-refractivity contribution < 1.29 is 17.9 Å². The number of benzene rings is 1. The molecule has 2 atom stereocenters. The van der Waals surface area contributed by atoms with E-state index >= 15 is 0 Å². The first-order valence-electron chi connectivity index (χ1n) is 8.25. The fourth-order valence-electron chi connectivity index (χ4n) is 3.73. The van der Waals surface area contributed by atoms with Crippen molar-refractivity contribution in [1.82, 2.24) is 9.21 Å². The SMILES string of the molecule is COc1ccccc1CC(=O)N1C[C@@H]2CC[C@H]1CN(S(C)(=O)=O)C2. The molecule has 132 valence electrons. The predicted molar refractivity (Wildman–Crippen MR) is 91.3 cm³/mol. The van der Waals surface area contributed by atoms with Gasteiger partial charge in [-0.2, -0.15) is 4.31 Å². The summed E-state index contributed by atoms with van der Waals surface area (Å²) in [5, 5.41) is 0. The van der Waals surface area contributed by atoms with Crippen LogP contribution in [0.2, 0.25) is 0 Å². The van der Waals surface area contributed by atoms with Gasteiger partial charge in [0.05, 0.1) is 19.8 Å². The summed E-state index contributed by atoms with van der Waals surface area (Å²) in [6, 6.07) is 7.49. The van der Waals surface area contributed by atoms with Crippen LogP contribution in [0.4, 0.5) is 0 Å². The third kappa shape index (κ3) is 3.57. The lowest BCUT2D eigenvalue weighted by molar-refractivity contribution is -0.134. The number of nitrogens with zero attached hydrogens (tertiary/aromatic N) is 2. The Balaban J connectivity index is 1.76. The topological polar surface area (TPSA) is 66.9 Å². The molecular formula is C17H24N2O4S. The summed E-state index contributed by atoms with van der Waals surface area (Å²) >= 11 is 0. The number of hydrogen-bond donors (Lipinski definition) is 0. The molecule has 0 N–H and O–H groups in total. The summed E-state index contributed by atoms with van der Waals surface area (Å²) in [6.45, 7) is 1.57. The fourth-order valence-corrected chi connectivity index (χ4v) is 4.65. The molecule has 4 rings (SSSR count). The molecule has 6 nitrogen and oxygen atoms in total. The zero-order valence-electron chi connectivity index (χ0n) is 14.1. The lowest BCUT2D eigenvalue weighted by Gasteiger charge is -2.36. The molecule has 0 unspecified atom stereocenters. The van der Waals surface area contributed by atoms with Crippen molar-refractivity contribution in [2.75, 3.05) is 33.0 Å². The number of hydrogen-bond acceptors (Lipinski definition) is 4. The molecule has 3 aliphatic rings. The van der Waals surface area contributed by atoms with Gasteiger partial charge in [-0.1, -0.05) is 18.2 Å². The van der Waals surface area contributed by atoms with E-state index in [4.69, 9.17) is 4.74 Å². The molecule has 1 aromatic rings. The highest BCUT2D eigenvalue weighted by Crippen LogP contribution is 2.30. The average molecular weight is 352 g/mol. The van der Waals surface area contributed by atoms with Crippen molar-refractivity contribution in [3.05, 3.63) is 29.8 Å². The number of carbonyl (C=O) groups is 1. The van der Waals surface area contributed by atoms with E-state index in [0.717, 1.165) is 18.4 Å². The van der Waals surface area contributed by atoms with Gasteiger partial charge in [0.2, 0.25) is 15.9 Å². The van der Waals surface area contributed by atoms with E-state index in [0.29, 0.717) is 25.4 Å². The van der Waals surface area contributed by atoms with Crippen molar-refractivity contribution in [1.29, 1.82) is 0 Å². The Bertz CT molecular complexity index is 719. The Morgan fingerprint density at radius 1 is 1.21 bits per heavy atom. The van der Waals surface area contributed by atoms with E-state index in [2.05, 4.69) is 0 Å². The van der Waals surface area contributed by atoms with Crippen molar-refractivity contribution >= 4 is 15.9 Å². The molecule has 3 aliphatic heterocycles. The Kier molecular flexibility index (Phi) is 4.83. The molecule has 1 aromatic carbocycles. The minimum atomic E-state index is -3.22. The first-order chi connectivity index (χ1) is 11.4. The van der Waals surface area contributed by atoms with Gasteiger partial charge >= 0.3 is 0 Å². The Morgan fingerprint density at radius 2 is 1.96 bits per heavy atom. The summed E-state index contributed by atoms with van der Waals surface area (Å²) in [6.07, 6.45) is 3.38. The lowest BCUT2D eigenvalue weighted by Crippen LogP contribution is -2.48. The van der Waals surface area contributed by atoms with Gasteiger partial charge < -0.3 is 9.64 Å². The molecule has 24 heavy (non-hydrogen) atoms. The minimum Gasteiger partial charge on any atom is -0.496 e. The van der Waals surface area contributed by atoms with Gasteiger partial charge in [-0.3, -0.25) is 4.79 Å². The number of amides is 1. The number of fused-ring (bicyclic) bond motifs is 4. The third-order valence-corrected chi connectivity index (χ3v) is 6.24. The first-order valence-corrected chi connectivity index (χ1v) is 10.1. The quantitative estimate of drug-likeness (QED) is 0.814. The van der Waals surface area contributed by atoms with Crippen LogP contribution in [0.5, 0.6) is 5.75 Å². The van der Waals surface area contributed by atoms with E-state index in [-0.39, 0.29) is 24.3 Å². The highest BCUT2D eigenvalue weighted by Gasteiger charge is 2.39. The van der Waals surface area contributed by atoms with Crippen LogP contribution in [0.1, 0.15) is 18.4 Å². The normalized spacial score (nSPS) is 24.7. The zero-order chi connectivity index (χ0) is 17.3. The lowest BCUT2D eigenvalue weighted by atomic mass is 9.94. The van der Waals surface area contributed by atoms with E-state index in [1.165, 1.54) is 10.6 Å². The molecule has 2 bridgehead atoms. The first kappa shape index (κ1) is 17.2. The average Bonchev–Trinajstić information content (AvgIpc) is 2.87. The van der Waals surface area contributed by atoms with Crippen LogP contribution < -0.4 is 4.74 Å². The van der Waals surface area contributed by atoms with Crippen LogP contribution in [-0.4, -0.2) is 62.6 Å². The van der Waals surface area contributed by atoms with Gasteiger partial charge in [-0.25, -0.2) is 8.42 Å². The van der Waals surface area contributed by atoms with Crippen LogP contribution >= 0.6 is 0 Å². The molecule has 0 saturated carbocycles. The number of piperidine rings is 1. The summed E-state index contributed by atoms with van der Waals surface area (Å²) in [5.41, 5.74) is 0.866. The van der Waals surface area contributed by atoms with E-state index in [1.54, 1.807) is 7.11 Å². The maximum absolute atomic E-state index is 12.8. The third-order valence-electron chi connectivity index (χ3n) is 5.00. The summed E-state index contributed by atoms with van der Waals surface area (Å²) in [4.78, 5) is 14.7. The molecule has 7 heteroatoms. The second kappa shape index (κ2) is 6.72. The maximum Gasteiger partial charge on any atom is 0.227 e. The van der Waals surface area contributed by atoms with Crippen molar-refractivity contribution in [2.45, 2.75) is 25.3 Å². The van der Waals surface area contributed by atoms with Gasteiger partial charge in [0.15, 0.2) is 0 Å². The standard InChI is InChI=1S/C17H24N2O4S/c1-23-16-6-4-3-5-14(16)9-17(20)19-11-13-7-8-15(19)12-18(10-13)24(2,21)22/h3-6,13,15H,7-12H2,1-2H3/t13-,15+/m1/s1. The number of carbonyl (C=O) groups excluding carboxylic acids is 1. The maximum atomic E-state index is 12.8. The summed E-state index contributed by atoms with van der Waals surface area (Å²) in [7, 11) is -1.62. The van der Waals surface area contributed by atoms with Gasteiger partial charge in [0.25, 0.3) is 0 Å². The highest BCUT2D eigenvalue weighted by molar-refractivity contribution is 7.88. The molecule has 0 spiro atoms. The number of rotatable bonds is 4. The van der Waals surface area contributed by atoms with Gasteiger partial charge in [0, 0.05) is 31.2 Å². The van der Waals surface area contributed by atoms with Gasteiger partial charge in [0.1, 0.15) is 5.75 Å². The fraction of sp³-hybridized carbons (Fsp3) is 0.588. The Labute approximate surface area is 143 Å². The Morgan fingerprint density at radius 3 is 2.67 bits per heavy atom. The molecular weight excluding hydrogens is 328 g/mol. The molecule has 0 aliphatic carbocycles. The summed E-state index contributed by atoms with van der Waals surface area (Å²) < 4.78 is 30.7. The molecule has 3 saturated heterocycles. The number of ether oxygens (including phenoxy) is 1.